The molecule has 2 aromatic rings. The first kappa shape index (κ1) is 19.5. The van der Waals surface area contributed by atoms with Gasteiger partial charge in [0.25, 0.3) is 0 Å². The van der Waals surface area contributed by atoms with Crippen LogP contribution in [0.3, 0.4) is 0 Å². The third kappa shape index (κ3) is 4.70. The Kier molecular flexibility index (Phi) is 7.55. The molecule has 2 N–H and O–H groups in total. The molecule has 0 aliphatic carbocycles. The molecule has 1 aromatic heterocycles. The highest BCUT2D eigenvalue weighted by Gasteiger charge is 2.20. The Bertz CT molecular complexity index is 639. The Balaban J connectivity index is 0.00000132. The van der Waals surface area contributed by atoms with Crippen molar-refractivity contribution in [3.8, 4) is 11.4 Å². The number of carbonyl (C=O) groups is 1. The number of anilines is 1. The highest BCUT2D eigenvalue weighted by Crippen LogP contribution is 2.21. The van der Waals surface area contributed by atoms with Crippen LogP contribution in [-0.2, 0) is 11.8 Å². The Morgan fingerprint density at radius 2 is 2.17 bits per heavy atom. The molecule has 0 bridgehead atoms. The number of carbonyl (C=O) groups excluding carboxylic acids is 1. The fourth-order valence-corrected chi connectivity index (χ4v) is 2.68. The number of amides is 1. The third-order valence-electron chi connectivity index (χ3n) is 3.84. The quantitative estimate of drug-likeness (QED) is 0.888. The molecule has 0 spiro atoms. The molecule has 1 aromatic carbocycles. The van der Waals surface area contributed by atoms with E-state index in [9.17, 15) is 4.79 Å². The molecule has 0 radical (unpaired) electrons. The van der Waals surface area contributed by atoms with Crippen molar-refractivity contribution < 1.29 is 4.79 Å². The number of piperidine rings is 1. The molecule has 0 unspecified atom stereocenters. The molecule has 5 nitrogen and oxygen atoms in total. The molecule has 1 aliphatic rings. The van der Waals surface area contributed by atoms with Crippen molar-refractivity contribution in [2.45, 2.75) is 25.3 Å². The van der Waals surface area contributed by atoms with Crippen LogP contribution < -0.4 is 10.6 Å². The second kappa shape index (κ2) is 8.91. The van der Waals surface area contributed by atoms with Gasteiger partial charge in [-0.05, 0) is 31.5 Å². The maximum absolute atomic E-state index is 12.2. The van der Waals surface area contributed by atoms with Gasteiger partial charge in [-0.1, -0.05) is 18.6 Å². The molecule has 1 fully saturated rings. The summed E-state index contributed by atoms with van der Waals surface area (Å²) in [5.41, 5.74) is 1.81. The first-order valence-corrected chi connectivity index (χ1v) is 7.36. The molecule has 1 saturated heterocycles. The largest absolute Gasteiger partial charge is 0.334 e. The van der Waals surface area contributed by atoms with Crippen LogP contribution in [0.5, 0.6) is 0 Å². The number of hydrogen-bond acceptors (Lipinski definition) is 3. The lowest BCUT2D eigenvalue weighted by Gasteiger charge is -2.22. The highest BCUT2D eigenvalue weighted by molar-refractivity contribution is 5.95. The van der Waals surface area contributed by atoms with Gasteiger partial charge >= 0.3 is 0 Å². The standard InChI is InChI=1S/C16H20N4O.2ClH/c1-20-10-9-18-15(20)12-5-4-6-13(11-12)19-16(21)14-7-2-3-8-17-14;;/h4-6,9-11,14,17H,2-3,7-8H2,1H3,(H,19,21);2*1H/t14-;;/m1../s1. The highest BCUT2D eigenvalue weighted by atomic mass is 35.5. The maximum atomic E-state index is 12.2. The first-order valence-electron chi connectivity index (χ1n) is 7.36. The summed E-state index contributed by atoms with van der Waals surface area (Å²) in [6, 6.07) is 7.73. The second-order valence-corrected chi connectivity index (χ2v) is 5.43. The van der Waals surface area contributed by atoms with Crippen molar-refractivity contribution in [1.29, 1.82) is 0 Å². The fraction of sp³-hybridized carbons (Fsp3) is 0.375. The van der Waals surface area contributed by atoms with E-state index in [1.54, 1.807) is 6.20 Å². The average Bonchev–Trinajstić information content (AvgIpc) is 2.94. The van der Waals surface area contributed by atoms with Crippen LogP contribution in [0.2, 0.25) is 0 Å². The molecule has 1 aliphatic heterocycles. The number of imidazole rings is 1. The molecule has 3 rings (SSSR count). The number of aryl methyl sites for hydroxylation is 1. The summed E-state index contributed by atoms with van der Waals surface area (Å²) in [7, 11) is 1.96. The van der Waals surface area contributed by atoms with E-state index in [0.717, 1.165) is 42.9 Å². The molecular weight excluding hydrogens is 335 g/mol. The second-order valence-electron chi connectivity index (χ2n) is 5.43. The minimum absolute atomic E-state index is 0. The van der Waals surface area contributed by atoms with Crippen LogP contribution in [-0.4, -0.2) is 28.0 Å². The number of hydrogen-bond donors (Lipinski definition) is 2. The molecule has 126 valence electrons. The van der Waals surface area contributed by atoms with Crippen LogP contribution in [0.25, 0.3) is 11.4 Å². The Morgan fingerprint density at radius 3 is 2.83 bits per heavy atom. The van der Waals surface area contributed by atoms with Crippen molar-refractivity contribution in [1.82, 2.24) is 14.9 Å². The lowest BCUT2D eigenvalue weighted by atomic mass is 10.0. The summed E-state index contributed by atoms with van der Waals surface area (Å²) in [5, 5.41) is 6.26. The van der Waals surface area contributed by atoms with Crippen molar-refractivity contribution in [3.05, 3.63) is 36.7 Å². The van der Waals surface area contributed by atoms with Crippen LogP contribution >= 0.6 is 24.8 Å². The number of aromatic nitrogens is 2. The van der Waals surface area contributed by atoms with Crippen LogP contribution in [0.1, 0.15) is 19.3 Å². The van der Waals surface area contributed by atoms with E-state index in [1.165, 1.54) is 0 Å². The normalized spacial score (nSPS) is 16.8. The van der Waals surface area contributed by atoms with Gasteiger partial charge in [0, 0.05) is 30.7 Å². The van der Waals surface area contributed by atoms with E-state index in [1.807, 2.05) is 42.1 Å². The average molecular weight is 357 g/mol. The van der Waals surface area contributed by atoms with Gasteiger partial charge in [0.2, 0.25) is 5.91 Å². The van der Waals surface area contributed by atoms with E-state index < -0.39 is 0 Å². The zero-order valence-corrected chi connectivity index (χ0v) is 14.6. The molecule has 1 atom stereocenters. The van der Waals surface area contributed by atoms with Crippen LogP contribution in [0.4, 0.5) is 5.69 Å². The minimum atomic E-state index is -0.0735. The SMILES string of the molecule is Cl.Cl.Cn1ccnc1-c1cccc(NC(=O)[C@H]2CCCCN2)c1. The Hall–Kier alpha value is -1.56. The minimum Gasteiger partial charge on any atom is -0.334 e. The summed E-state index contributed by atoms with van der Waals surface area (Å²) in [4.78, 5) is 16.6. The van der Waals surface area contributed by atoms with E-state index in [0.29, 0.717) is 0 Å². The van der Waals surface area contributed by atoms with Crippen LogP contribution in [0.15, 0.2) is 36.7 Å². The zero-order valence-electron chi connectivity index (χ0n) is 13.0. The van der Waals surface area contributed by atoms with Gasteiger partial charge in [0.1, 0.15) is 5.82 Å². The molecule has 0 saturated carbocycles. The lowest BCUT2D eigenvalue weighted by Crippen LogP contribution is -2.43. The molecule has 23 heavy (non-hydrogen) atoms. The summed E-state index contributed by atoms with van der Waals surface area (Å²) in [6.45, 7) is 0.922. The monoisotopic (exact) mass is 356 g/mol. The van der Waals surface area contributed by atoms with Gasteiger partial charge in [0.15, 0.2) is 0 Å². The zero-order chi connectivity index (χ0) is 14.7. The number of rotatable bonds is 3. The molecule has 7 heteroatoms. The smallest absolute Gasteiger partial charge is 0.241 e. The summed E-state index contributed by atoms with van der Waals surface area (Å²) in [6.07, 6.45) is 6.85. The van der Waals surface area contributed by atoms with Crippen LogP contribution in [0, 0.1) is 0 Å². The van der Waals surface area contributed by atoms with E-state index in [-0.39, 0.29) is 36.8 Å². The Morgan fingerprint density at radius 1 is 1.35 bits per heavy atom. The summed E-state index contributed by atoms with van der Waals surface area (Å²) >= 11 is 0. The topological polar surface area (TPSA) is 59.0 Å². The molecular formula is C16H22Cl2N4O. The van der Waals surface area contributed by atoms with Crippen molar-refractivity contribution in [3.63, 3.8) is 0 Å². The molecule has 1 amide bonds. The third-order valence-corrected chi connectivity index (χ3v) is 3.84. The van der Waals surface area contributed by atoms with Gasteiger partial charge in [-0.2, -0.15) is 0 Å². The lowest BCUT2D eigenvalue weighted by molar-refractivity contribution is -0.118. The summed E-state index contributed by atoms with van der Waals surface area (Å²) in [5.74, 6) is 0.939. The van der Waals surface area contributed by atoms with E-state index in [2.05, 4.69) is 15.6 Å². The number of benzene rings is 1. The van der Waals surface area contributed by atoms with Gasteiger partial charge < -0.3 is 15.2 Å². The first-order chi connectivity index (χ1) is 10.2. The van der Waals surface area contributed by atoms with Crippen molar-refractivity contribution in [2.24, 2.45) is 7.05 Å². The Labute approximate surface area is 148 Å². The predicted molar refractivity (Wildman–Crippen MR) is 97.4 cm³/mol. The number of halogens is 2. The summed E-state index contributed by atoms with van der Waals surface area (Å²) < 4.78 is 1.96. The van der Waals surface area contributed by atoms with Gasteiger partial charge in [-0.3, -0.25) is 4.79 Å². The van der Waals surface area contributed by atoms with E-state index in [4.69, 9.17) is 0 Å². The molecule has 2 heterocycles. The number of nitrogens with one attached hydrogen (secondary N) is 2. The fourth-order valence-electron chi connectivity index (χ4n) is 2.68. The van der Waals surface area contributed by atoms with Crippen molar-refractivity contribution in [2.75, 3.05) is 11.9 Å². The predicted octanol–water partition coefficient (Wildman–Crippen LogP) is 3.01. The van der Waals surface area contributed by atoms with Gasteiger partial charge in [-0.15, -0.1) is 24.8 Å². The maximum Gasteiger partial charge on any atom is 0.241 e. The van der Waals surface area contributed by atoms with Crippen molar-refractivity contribution >= 4 is 36.4 Å². The van der Waals surface area contributed by atoms with E-state index >= 15 is 0 Å². The van der Waals surface area contributed by atoms with Gasteiger partial charge in [-0.25, -0.2) is 4.98 Å². The van der Waals surface area contributed by atoms with Gasteiger partial charge in [0.05, 0.1) is 6.04 Å². The number of nitrogens with zero attached hydrogens (tertiary/aromatic N) is 2.